The fourth-order valence-electron chi connectivity index (χ4n) is 4.19. The molecule has 0 bridgehead atoms. The van der Waals surface area contributed by atoms with Gasteiger partial charge in [-0.1, -0.05) is 35.3 Å². The number of esters is 2. The number of carbonyl (C=O) groups is 2. The Kier molecular flexibility index (Phi) is 8.29. The van der Waals surface area contributed by atoms with Gasteiger partial charge in [-0.3, -0.25) is 9.36 Å². The molecule has 1 aromatic heterocycles. The van der Waals surface area contributed by atoms with Gasteiger partial charge in [0.2, 0.25) is 0 Å². The van der Waals surface area contributed by atoms with E-state index >= 15 is 4.39 Å². The summed E-state index contributed by atoms with van der Waals surface area (Å²) in [6.07, 6.45) is 0.600. The molecule has 1 aliphatic rings. The van der Waals surface area contributed by atoms with E-state index in [-0.39, 0.29) is 48.1 Å². The number of thiazole rings is 1. The van der Waals surface area contributed by atoms with Crippen LogP contribution in [0.5, 0.6) is 0 Å². The number of nitrogens with two attached hydrogens (primary N) is 1. The van der Waals surface area contributed by atoms with E-state index in [1.807, 2.05) is 0 Å². The fraction of sp³-hybridized carbons (Fsp3) is 0.222. The summed E-state index contributed by atoms with van der Waals surface area (Å²) in [5.41, 5.74) is 4.70. The van der Waals surface area contributed by atoms with Crippen LogP contribution in [0.15, 0.2) is 46.8 Å². The van der Waals surface area contributed by atoms with Gasteiger partial charge in [-0.05, 0) is 51.1 Å². The van der Waals surface area contributed by atoms with E-state index in [1.54, 1.807) is 20.8 Å². The van der Waals surface area contributed by atoms with Crippen LogP contribution in [-0.4, -0.2) is 29.2 Å². The Morgan fingerprint density at radius 3 is 2.31 bits per heavy atom. The number of hydrogen-bond acceptors (Lipinski definition) is 7. The van der Waals surface area contributed by atoms with Crippen molar-refractivity contribution in [2.45, 2.75) is 32.8 Å². The van der Waals surface area contributed by atoms with Crippen molar-refractivity contribution < 1.29 is 27.8 Å². The molecule has 0 saturated heterocycles. The molecule has 0 amide bonds. The summed E-state index contributed by atoms with van der Waals surface area (Å²) in [5, 5.41) is -0.0531. The summed E-state index contributed by atoms with van der Waals surface area (Å²) in [5.74, 6) is -5.31. The van der Waals surface area contributed by atoms with Crippen LogP contribution in [0.25, 0.3) is 17.5 Å². The molecule has 4 rings (SSSR count). The van der Waals surface area contributed by atoms with Gasteiger partial charge < -0.3 is 15.2 Å². The number of benzene rings is 2. The van der Waals surface area contributed by atoms with E-state index in [1.165, 1.54) is 36.4 Å². The van der Waals surface area contributed by atoms with Crippen LogP contribution in [0.4, 0.5) is 8.78 Å². The number of fused-ring (bicyclic) bond motifs is 1. The van der Waals surface area contributed by atoms with Gasteiger partial charge in [-0.15, -0.1) is 11.3 Å². The molecule has 0 spiro atoms. The highest BCUT2D eigenvalue weighted by molar-refractivity contribution is 7.07. The molecule has 12 heteroatoms. The minimum absolute atomic E-state index is 0.0424. The predicted molar refractivity (Wildman–Crippen MR) is 146 cm³/mol. The zero-order chi connectivity index (χ0) is 28.6. The average Bonchev–Trinajstić information content (AvgIpc) is 3.17. The highest BCUT2D eigenvalue weighted by atomic mass is 35.5. The van der Waals surface area contributed by atoms with Crippen molar-refractivity contribution in [2.24, 2.45) is 5.73 Å². The van der Waals surface area contributed by atoms with Gasteiger partial charge in [0.25, 0.3) is 5.56 Å². The first kappa shape index (κ1) is 28.5. The second-order valence-corrected chi connectivity index (χ2v) is 10.5. The largest absolute Gasteiger partial charge is 0.463 e. The predicted octanol–water partition coefficient (Wildman–Crippen LogP) is 3.91. The van der Waals surface area contributed by atoms with Crippen molar-refractivity contribution >= 4 is 63.9 Å². The van der Waals surface area contributed by atoms with E-state index < -0.39 is 47.0 Å². The van der Waals surface area contributed by atoms with E-state index in [0.717, 1.165) is 22.0 Å². The summed E-state index contributed by atoms with van der Waals surface area (Å²) in [4.78, 5) is 40.4. The molecule has 7 nitrogen and oxygen atoms in total. The zero-order valence-corrected chi connectivity index (χ0v) is 23.2. The number of aromatic nitrogens is 1. The molecule has 2 heterocycles. The summed E-state index contributed by atoms with van der Waals surface area (Å²) >= 11 is 13.3. The number of ether oxygens (including phenoxy) is 2. The van der Waals surface area contributed by atoms with Crippen molar-refractivity contribution in [2.75, 3.05) is 6.61 Å². The van der Waals surface area contributed by atoms with Crippen molar-refractivity contribution in [3.8, 4) is 0 Å². The topological polar surface area (TPSA) is 101 Å². The van der Waals surface area contributed by atoms with Gasteiger partial charge in [0.15, 0.2) is 0 Å². The normalized spacial score (nSPS) is 15.5. The van der Waals surface area contributed by atoms with E-state index in [2.05, 4.69) is 0 Å². The van der Waals surface area contributed by atoms with Gasteiger partial charge in [0.05, 0.1) is 39.3 Å². The van der Waals surface area contributed by atoms with E-state index in [0.29, 0.717) is 0 Å². The lowest BCUT2D eigenvalue weighted by Gasteiger charge is -2.28. The number of halogens is 4. The highest BCUT2D eigenvalue weighted by Crippen LogP contribution is 2.42. The van der Waals surface area contributed by atoms with Gasteiger partial charge in [-0.2, -0.15) is 0 Å². The monoisotopic (exact) mass is 594 g/mol. The van der Waals surface area contributed by atoms with Crippen LogP contribution in [0.1, 0.15) is 37.8 Å². The van der Waals surface area contributed by atoms with Crippen LogP contribution in [0.2, 0.25) is 10.0 Å². The first-order chi connectivity index (χ1) is 18.5. The molecular weight excluding hydrogens is 573 g/mol. The van der Waals surface area contributed by atoms with Crippen molar-refractivity contribution in [3.05, 3.63) is 94.3 Å². The maximum atomic E-state index is 15.3. The molecule has 0 unspecified atom stereocenters. The van der Waals surface area contributed by atoms with Gasteiger partial charge >= 0.3 is 11.9 Å². The maximum absolute atomic E-state index is 15.3. The lowest BCUT2D eigenvalue weighted by molar-refractivity contribution is -0.140. The average molecular weight is 595 g/mol. The molecule has 1 atom stereocenters. The third kappa shape index (κ3) is 5.24. The molecular formula is C27H22Cl2F2N2O5S. The minimum Gasteiger partial charge on any atom is -0.463 e. The van der Waals surface area contributed by atoms with Crippen LogP contribution in [-0.2, 0) is 19.1 Å². The van der Waals surface area contributed by atoms with Crippen LogP contribution < -0.4 is 20.5 Å². The summed E-state index contributed by atoms with van der Waals surface area (Å²) in [6.45, 7) is 4.68. The molecule has 0 fully saturated rings. The van der Waals surface area contributed by atoms with Crippen LogP contribution in [0, 0.1) is 11.6 Å². The molecule has 2 aromatic carbocycles. The third-order valence-corrected chi connectivity index (χ3v) is 7.54. The highest BCUT2D eigenvalue weighted by Gasteiger charge is 2.42. The first-order valence-electron chi connectivity index (χ1n) is 11.7. The first-order valence-corrected chi connectivity index (χ1v) is 13.3. The Balaban J connectivity index is 2.20. The number of nitrogens with zero attached hydrogens (tertiary/aromatic N) is 1. The van der Waals surface area contributed by atoms with E-state index in [9.17, 15) is 18.8 Å². The summed E-state index contributed by atoms with van der Waals surface area (Å²) < 4.78 is 41.3. The maximum Gasteiger partial charge on any atom is 0.338 e. The number of carbonyl (C=O) groups excluding carboxylic acids is 2. The number of hydrogen-bond donors (Lipinski definition) is 1. The zero-order valence-electron chi connectivity index (χ0n) is 20.9. The fourth-order valence-corrected chi connectivity index (χ4v) is 5.82. The van der Waals surface area contributed by atoms with Crippen LogP contribution in [0.3, 0.4) is 0 Å². The van der Waals surface area contributed by atoms with Gasteiger partial charge in [-0.25, -0.2) is 18.4 Å². The molecule has 204 valence electrons. The number of rotatable bonds is 6. The molecule has 0 radical (unpaired) electrons. The molecule has 39 heavy (non-hydrogen) atoms. The Hall–Kier alpha value is -3.47. The molecule has 0 aliphatic carbocycles. The second kappa shape index (κ2) is 11.3. The lowest BCUT2D eigenvalue weighted by Crippen LogP contribution is -2.42. The van der Waals surface area contributed by atoms with Crippen molar-refractivity contribution in [1.82, 2.24) is 4.57 Å². The molecule has 2 N–H and O–H groups in total. The van der Waals surface area contributed by atoms with Gasteiger partial charge in [0, 0.05) is 16.1 Å². The standard InChI is InChI=1S/C27H22Cl2F2N2O5S/c1-4-37-26(35)21-20(19-15(29)8-6-10-17(19)31)22(27(36)38-12(2)3)25-33(23(21)32)24(34)18(39-25)11-13-14(28)7-5-9-16(13)30/h5-12,20H,4,32H2,1-3H3/b18-11-/t20-/m0/s1. The summed E-state index contributed by atoms with van der Waals surface area (Å²) in [7, 11) is 0. The Morgan fingerprint density at radius 1 is 1.08 bits per heavy atom. The second-order valence-electron chi connectivity index (χ2n) is 8.65. The van der Waals surface area contributed by atoms with Crippen molar-refractivity contribution in [3.63, 3.8) is 0 Å². The molecule has 1 aliphatic heterocycles. The molecule has 3 aromatic rings. The molecule has 0 saturated carbocycles. The van der Waals surface area contributed by atoms with Gasteiger partial charge in [0.1, 0.15) is 22.1 Å². The third-order valence-electron chi connectivity index (χ3n) is 5.77. The van der Waals surface area contributed by atoms with E-state index in [4.69, 9.17) is 38.4 Å². The SMILES string of the molecule is CCOC(=O)C1=C(N)n2c(s/c(=C\c3c(F)cccc3Cl)c2=O)=C(C(=O)OC(C)C)[C@H]1c1c(F)cccc1Cl. The minimum atomic E-state index is -1.48. The smallest absolute Gasteiger partial charge is 0.338 e. The van der Waals surface area contributed by atoms with Crippen molar-refractivity contribution in [1.29, 1.82) is 0 Å². The Morgan fingerprint density at radius 2 is 1.72 bits per heavy atom. The quantitative estimate of drug-likeness (QED) is 0.434. The van der Waals surface area contributed by atoms with Crippen LogP contribution >= 0.6 is 34.5 Å². The Labute approximate surface area is 235 Å². The Bertz CT molecular complexity index is 1670. The lowest BCUT2D eigenvalue weighted by atomic mass is 9.82. The summed E-state index contributed by atoms with van der Waals surface area (Å²) in [6, 6.07) is 7.89.